The molecule has 7 heteroatoms. The number of guanidine groups is 1. The van der Waals surface area contributed by atoms with E-state index in [2.05, 4.69) is 44.5 Å². The summed E-state index contributed by atoms with van der Waals surface area (Å²) in [7, 11) is 0. The van der Waals surface area contributed by atoms with Gasteiger partial charge >= 0.3 is 0 Å². The molecule has 0 radical (unpaired) electrons. The molecule has 0 aromatic carbocycles. The summed E-state index contributed by atoms with van der Waals surface area (Å²) in [4.78, 5) is 13.7. The number of nitrogens with zero attached hydrogens (tertiary/aromatic N) is 4. The van der Waals surface area contributed by atoms with Crippen LogP contribution in [0.15, 0.2) is 40.8 Å². The number of thiophene rings is 1. The summed E-state index contributed by atoms with van der Waals surface area (Å²) in [6.07, 6.45) is 2.69. The lowest BCUT2D eigenvalue weighted by molar-refractivity contribution is 0.373. The predicted molar refractivity (Wildman–Crippen MR) is 107 cm³/mol. The molecule has 0 saturated carbocycles. The van der Waals surface area contributed by atoms with Gasteiger partial charge in [-0.25, -0.2) is 4.98 Å². The lowest BCUT2D eigenvalue weighted by Gasteiger charge is -2.37. The van der Waals surface area contributed by atoms with Crippen LogP contribution in [-0.2, 0) is 6.42 Å². The molecule has 1 saturated heterocycles. The van der Waals surface area contributed by atoms with Crippen molar-refractivity contribution >= 4 is 33.9 Å². The molecule has 0 unspecified atom stereocenters. The lowest BCUT2D eigenvalue weighted by Crippen LogP contribution is -2.52. The quantitative estimate of drug-likeness (QED) is 0.494. The van der Waals surface area contributed by atoms with Gasteiger partial charge in [-0.1, -0.05) is 17.7 Å². The van der Waals surface area contributed by atoms with Crippen LogP contribution in [0.2, 0.25) is 5.15 Å². The fourth-order valence-electron chi connectivity index (χ4n) is 2.86. The normalized spacial score (nSPS) is 15.5. The summed E-state index contributed by atoms with van der Waals surface area (Å²) in [5, 5.41) is 7.45. The van der Waals surface area contributed by atoms with Crippen molar-refractivity contribution in [3.63, 3.8) is 0 Å². The van der Waals surface area contributed by atoms with Crippen LogP contribution < -0.4 is 10.2 Å². The Labute approximate surface area is 158 Å². The molecule has 0 aliphatic carbocycles. The van der Waals surface area contributed by atoms with E-state index in [9.17, 15) is 0 Å². The third-order valence-electron chi connectivity index (χ3n) is 4.18. The highest BCUT2D eigenvalue weighted by Gasteiger charge is 2.20. The van der Waals surface area contributed by atoms with Crippen LogP contribution in [0.3, 0.4) is 0 Å². The van der Waals surface area contributed by atoms with E-state index in [1.165, 1.54) is 5.00 Å². The van der Waals surface area contributed by atoms with Crippen LogP contribution in [0.1, 0.15) is 12.5 Å². The molecule has 25 heavy (non-hydrogen) atoms. The third-order valence-corrected chi connectivity index (χ3v) is 5.34. The monoisotopic (exact) mass is 377 g/mol. The van der Waals surface area contributed by atoms with Gasteiger partial charge in [0.05, 0.1) is 5.00 Å². The van der Waals surface area contributed by atoms with Crippen molar-refractivity contribution in [2.24, 2.45) is 4.99 Å². The maximum Gasteiger partial charge on any atom is 0.194 e. The minimum atomic E-state index is 0.532. The maximum atomic E-state index is 5.83. The number of pyridine rings is 1. The largest absolute Gasteiger partial charge is 0.360 e. The van der Waals surface area contributed by atoms with Gasteiger partial charge in [0.2, 0.25) is 0 Å². The smallest absolute Gasteiger partial charge is 0.194 e. The summed E-state index contributed by atoms with van der Waals surface area (Å²) in [5.41, 5.74) is 1.16. The molecule has 2 aromatic heterocycles. The van der Waals surface area contributed by atoms with Crippen molar-refractivity contribution in [1.82, 2.24) is 15.2 Å². The molecule has 0 atom stereocenters. The van der Waals surface area contributed by atoms with Gasteiger partial charge in [0.15, 0.2) is 5.96 Å². The molecule has 3 rings (SSSR count). The topological polar surface area (TPSA) is 43.8 Å². The second kappa shape index (κ2) is 9.06. The summed E-state index contributed by atoms with van der Waals surface area (Å²) >= 11 is 7.64. The van der Waals surface area contributed by atoms with Crippen LogP contribution in [0.4, 0.5) is 5.00 Å². The van der Waals surface area contributed by atoms with Gasteiger partial charge in [-0.3, -0.25) is 4.99 Å². The van der Waals surface area contributed by atoms with Gasteiger partial charge in [-0.15, -0.1) is 11.3 Å². The van der Waals surface area contributed by atoms with E-state index in [4.69, 9.17) is 16.6 Å². The highest BCUT2D eigenvalue weighted by Crippen LogP contribution is 2.22. The molecular formula is C18H24ClN5S. The molecule has 3 heterocycles. The van der Waals surface area contributed by atoms with Gasteiger partial charge in [0, 0.05) is 45.5 Å². The molecule has 1 aliphatic heterocycles. The second-order valence-electron chi connectivity index (χ2n) is 5.90. The van der Waals surface area contributed by atoms with E-state index in [0.717, 1.165) is 57.2 Å². The molecule has 1 aliphatic rings. The van der Waals surface area contributed by atoms with Gasteiger partial charge in [-0.2, -0.15) is 0 Å². The molecule has 0 amide bonds. The zero-order valence-corrected chi connectivity index (χ0v) is 16.1. The molecule has 0 bridgehead atoms. The Kier molecular flexibility index (Phi) is 6.53. The molecule has 2 aromatic rings. The van der Waals surface area contributed by atoms with E-state index in [-0.39, 0.29) is 0 Å². The highest BCUT2D eigenvalue weighted by molar-refractivity contribution is 7.14. The standard InChI is InChI=1S/C18H24ClN5S/c1-2-20-18(21-8-7-15-5-6-16(19)22-14-15)24-11-9-23(10-12-24)17-4-3-13-25-17/h3-6,13-14H,2,7-12H2,1H3,(H,20,21). The van der Waals surface area contributed by atoms with Crippen molar-refractivity contribution in [2.75, 3.05) is 44.2 Å². The Hall–Kier alpha value is -1.79. The SMILES string of the molecule is CCNC(=NCCc1ccc(Cl)nc1)N1CCN(c2cccs2)CC1. The Balaban J connectivity index is 1.54. The second-order valence-corrected chi connectivity index (χ2v) is 7.21. The fraction of sp³-hybridized carbons (Fsp3) is 0.444. The Bertz CT molecular complexity index is 663. The van der Waals surface area contributed by atoms with Crippen LogP contribution in [0.25, 0.3) is 0 Å². The number of anilines is 1. The minimum absolute atomic E-state index is 0.532. The maximum absolute atomic E-state index is 5.83. The molecule has 134 valence electrons. The number of piperazine rings is 1. The van der Waals surface area contributed by atoms with Crippen molar-refractivity contribution in [3.05, 3.63) is 46.6 Å². The molecule has 5 nitrogen and oxygen atoms in total. The summed E-state index contributed by atoms with van der Waals surface area (Å²) in [6, 6.07) is 8.15. The van der Waals surface area contributed by atoms with Gasteiger partial charge in [0.1, 0.15) is 5.15 Å². The first-order valence-electron chi connectivity index (χ1n) is 8.68. The summed E-state index contributed by atoms with van der Waals surface area (Å²) in [6.45, 7) is 7.79. The van der Waals surface area contributed by atoms with Crippen molar-refractivity contribution in [2.45, 2.75) is 13.3 Å². The number of hydrogen-bond acceptors (Lipinski definition) is 4. The molecular weight excluding hydrogens is 354 g/mol. The first-order valence-corrected chi connectivity index (χ1v) is 9.94. The minimum Gasteiger partial charge on any atom is -0.360 e. The summed E-state index contributed by atoms with van der Waals surface area (Å²) in [5.74, 6) is 1.01. The fourth-order valence-corrected chi connectivity index (χ4v) is 3.76. The van der Waals surface area contributed by atoms with Gasteiger partial charge in [0.25, 0.3) is 0 Å². The van der Waals surface area contributed by atoms with E-state index < -0.39 is 0 Å². The first kappa shape index (κ1) is 18.0. The average Bonchev–Trinajstić information content (AvgIpc) is 3.17. The molecule has 1 N–H and O–H groups in total. The zero-order chi connectivity index (χ0) is 17.5. The Morgan fingerprint density at radius 2 is 2.12 bits per heavy atom. The van der Waals surface area contributed by atoms with E-state index >= 15 is 0 Å². The van der Waals surface area contributed by atoms with Crippen LogP contribution in [0, 0.1) is 0 Å². The zero-order valence-electron chi connectivity index (χ0n) is 14.5. The number of rotatable bonds is 5. The number of nitrogens with one attached hydrogen (secondary N) is 1. The van der Waals surface area contributed by atoms with Crippen LogP contribution >= 0.6 is 22.9 Å². The lowest BCUT2D eigenvalue weighted by atomic mass is 10.2. The first-order chi connectivity index (χ1) is 12.3. The van der Waals surface area contributed by atoms with Gasteiger partial charge < -0.3 is 15.1 Å². The highest BCUT2D eigenvalue weighted by atomic mass is 35.5. The van der Waals surface area contributed by atoms with Crippen LogP contribution in [0.5, 0.6) is 0 Å². The van der Waals surface area contributed by atoms with Crippen molar-refractivity contribution in [1.29, 1.82) is 0 Å². The number of aliphatic imine (C=N–C) groups is 1. The molecule has 1 fully saturated rings. The number of hydrogen-bond donors (Lipinski definition) is 1. The average molecular weight is 378 g/mol. The van der Waals surface area contributed by atoms with E-state index in [1.807, 2.05) is 29.7 Å². The number of aromatic nitrogens is 1. The van der Waals surface area contributed by atoms with E-state index in [1.54, 1.807) is 0 Å². The Morgan fingerprint density at radius 3 is 2.76 bits per heavy atom. The van der Waals surface area contributed by atoms with Gasteiger partial charge in [-0.05, 0) is 42.5 Å². The number of halogens is 1. The van der Waals surface area contributed by atoms with Crippen molar-refractivity contribution < 1.29 is 0 Å². The Morgan fingerprint density at radius 1 is 1.28 bits per heavy atom. The summed E-state index contributed by atoms with van der Waals surface area (Å²) < 4.78 is 0. The van der Waals surface area contributed by atoms with E-state index in [0.29, 0.717) is 5.15 Å². The third kappa shape index (κ3) is 5.09. The molecule has 0 spiro atoms. The van der Waals surface area contributed by atoms with Crippen molar-refractivity contribution in [3.8, 4) is 0 Å². The van der Waals surface area contributed by atoms with Crippen LogP contribution in [-0.4, -0.2) is 55.1 Å². The predicted octanol–water partition coefficient (Wildman–Crippen LogP) is 3.13.